The van der Waals surface area contributed by atoms with Crippen LogP contribution in [0.4, 0.5) is 11.9 Å². The number of rotatable bonds is 4. The normalized spacial score (nSPS) is 20.5. The van der Waals surface area contributed by atoms with Gasteiger partial charge in [-0.05, 0) is 18.8 Å². The minimum Gasteiger partial charge on any atom is -0.463 e. The molecule has 0 radical (unpaired) electrons. The fourth-order valence-corrected chi connectivity index (χ4v) is 2.44. The fourth-order valence-electron chi connectivity index (χ4n) is 2.44. The average molecular weight is 295 g/mol. The Kier molecular flexibility index (Phi) is 4.66. The van der Waals surface area contributed by atoms with E-state index in [1.165, 1.54) is 0 Å². The Morgan fingerprint density at radius 1 is 1.05 bits per heavy atom. The summed E-state index contributed by atoms with van der Waals surface area (Å²) in [7, 11) is 0. The van der Waals surface area contributed by atoms with Crippen molar-refractivity contribution in [2.75, 3.05) is 56.8 Å². The van der Waals surface area contributed by atoms with Gasteiger partial charge in [0.25, 0.3) is 0 Å². The van der Waals surface area contributed by atoms with Gasteiger partial charge in [0.05, 0.1) is 19.8 Å². The summed E-state index contributed by atoms with van der Waals surface area (Å²) < 4.78 is 16.4. The van der Waals surface area contributed by atoms with Gasteiger partial charge in [0.1, 0.15) is 0 Å². The lowest BCUT2D eigenvalue weighted by Crippen LogP contribution is -2.37. The van der Waals surface area contributed by atoms with E-state index in [1.54, 1.807) is 0 Å². The molecule has 0 amide bonds. The number of nitrogens with zero attached hydrogens (tertiary/aromatic N) is 4. The summed E-state index contributed by atoms with van der Waals surface area (Å²) >= 11 is 0. The smallest absolute Gasteiger partial charge is 0.323 e. The summed E-state index contributed by atoms with van der Waals surface area (Å²) in [4.78, 5) is 14.6. The van der Waals surface area contributed by atoms with E-state index >= 15 is 0 Å². The monoisotopic (exact) mass is 295 g/mol. The molecule has 0 aromatic carbocycles. The van der Waals surface area contributed by atoms with Crippen molar-refractivity contribution < 1.29 is 14.2 Å². The van der Waals surface area contributed by atoms with E-state index < -0.39 is 0 Å². The summed E-state index contributed by atoms with van der Waals surface area (Å²) in [6.07, 6.45) is 2.02. The van der Waals surface area contributed by atoms with Crippen molar-refractivity contribution in [3.63, 3.8) is 0 Å². The van der Waals surface area contributed by atoms with Crippen LogP contribution in [0.3, 0.4) is 0 Å². The summed E-state index contributed by atoms with van der Waals surface area (Å²) in [6.45, 7) is 5.04. The van der Waals surface area contributed by atoms with Gasteiger partial charge < -0.3 is 24.8 Å². The Labute approximate surface area is 123 Å². The fraction of sp³-hybridized carbons (Fsp3) is 0.769. The SMILES string of the molecule is Nc1nc(OCC2CCOCC2)nc(N2CCOCC2)n1. The van der Waals surface area contributed by atoms with Crippen molar-refractivity contribution in [1.29, 1.82) is 0 Å². The number of ether oxygens (including phenoxy) is 3. The molecule has 2 fully saturated rings. The first kappa shape index (κ1) is 14.3. The molecule has 8 nitrogen and oxygen atoms in total. The number of hydrogen-bond acceptors (Lipinski definition) is 8. The van der Waals surface area contributed by atoms with E-state index in [2.05, 4.69) is 15.0 Å². The minimum absolute atomic E-state index is 0.188. The highest BCUT2D eigenvalue weighted by atomic mass is 16.5. The first-order chi connectivity index (χ1) is 10.3. The maximum Gasteiger partial charge on any atom is 0.323 e. The molecule has 0 atom stereocenters. The number of morpholine rings is 1. The van der Waals surface area contributed by atoms with Crippen LogP contribution in [0.25, 0.3) is 0 Å². The topological polar surface area (TPSA) is 95.6 Å². The van der Waals surface area contributed by atoms with Gasteiger partial charge in [-0.3, -0.25) is 0 Å². The second-order valence-electron chi connectivity index (χ2n) is 5.24. The third-order valence-corrected chi connectivity index (χ3v) is 3.70. The summed E-state index contributed by atoms with van der Waals surface area (Å²) in [5, 5.41) is 0. The van der Waals surface area contributed by atoms with E-state index in [-0.39, 0.29) is 5.95 Å². The molecular formula is C13H21N5O3. The van der Waals surface area contributed by atoms with E-state index in [0.29, 0.717) is 37.7 Å². The van der Waals surface area contributed by atoms with Crippen LogP contribution in [0.2, 0.25) is 0 Å². The number of hydrogen-bond donors (Lipinski definition) is 1. The molecular weight excluding hydrogens is 274 g/mol. The van der Waals surface area contributed by atoms with Crippen LogP contribution in [-0.2, 0) is 9.47 Å². The lowest BCUT2D eigenvalue weighted by molar-refractivity contribution is 0.0482. The maximum atomic E-state index is 5.75. The predicted octanol–water partition coefficient (Wildman–Crippen LogP) is 0.0958. The molecule has 21 heavy (non-hydrogen) atoms. The Bertz CT molecular complexity index is 461. The van der Waals surface area contributed by atoms with Crippen LogP contribution in [0.1, 0.15) is 12.8 Å². The number of anilines is 2. The molecule has 0 bridgehead atoms. The molecule has 3 rings (SSSR count). The molecule has 1 aromatic rings. The molecule has 0 saturated carbocycles. The zero-order valence-corrected chi connectivity index (χ0v) is 12.0. The summed E-state index contributed by atoms with van der Waals surface area (Å²) in [5.74, 6) is 1.24. The van der Waals surface area contributed by atoms with Crippen molar-refractivity contribution in [3.05, 3.63) is 0 Å². The predicted molar refractivity (Wildman–Crippen MR) is 76.3 cm³/mol. The standard InChI is InChI=1S/C13H21N5O3/c14-11-15-12(18-3-7-20-8-4-18)17-13(16-11)21-9-10-1-5-19-6-2-10/h10H,1-9H2,(H2,14,15,16,17). The molecule has 2 saturated heterocycles. The highest BCUT2D eigenvalue weighted by Gasteiger charge is 2.18. The zero-order chi connectivity index (χ0) is 14.5. The summed E-state index contributed by atoms with van der Waals surface area (Å²) in [5.41, 5.74) is 5.75. The molecule has 2 N–H and O–H groups in total. The van der Waals surface area contributed by atoms with Gasteiger partial charge >= 0.3 is 6.01 Å². The van der Waals surface area contributed by atoms with Crippen LogP contribution >= 0.6 is 0 Å². The van der Waals surface area contributed by atoms with E-state index in [1.807, 2.05) is 4.90 Å². The third-order valence-electron chi connectivity index (χ3n) is 3.70. The van der Waals surface area contributed by atoms with Gasteiger partial charge in [0.2, 0.25) is 11.9 Å². The van der Waals surface area contributed by atoms with Gasteiger partial charge in [-0.1, -0.05) is 0 Å². The maximum absolute atomic E-state index is 5.75. The second-order valence-corrected chi connectivity index (χ2v) is 5.24. The van der Waals surface area contributed by atoms with E-state index in [9.17, 15) is 0 Å². The quantitative estimate of drug-likeness (QED) is 0.835. The Morgan fingerprint density at radius 2 is 1.76 bits per heavy atom. The molecule has 3 heterocycles. The average Bonchev–Trinajstić information content (AvgIpc) is 2.54. The highest BCUT2D eigenvalue weighted by molar-refractivity contribution is 5.36. The van der Waals surface area contributed by atoms with E-state index in [4.69, 9.17) is 19.9 Å². The largest absolute Gasteiger partial charge is 0.463 e. The molecule has 2 aliphatic heterocycles. The lowest BCUT2D eigenvalue weighted by Gasteiger charge is -2.27. The van der Waals surface area contributed by atoms with Crippen molar-refractivity contribution in [3.8, 4) is 6.01 Å². The van der Waals surface area contributed by atoms with Crippen molar-refractivity contribution in [2.24, 2.45) is 5.92 Å². The molecule has 116 valence electrons. The zero-order valence-electron chi connectivity index (χ0n) is 12.0. The molecule has 8 heteroatoms. The summed E-state index contributed by atoms with van der Waals surface area (Å²) in [6, 6.07) is 0.301. The molecule has 0 spiro atoms. The molecule has 0 unspecified atom stereocenters. The molecule has 2 aliphatic rings. The van der Waals surface area contributed by atoms with Crippen molar-refractivity contribution >= 4 is 11.9 Å². The van der Waals surface area contributed by atoms with Crippen LogP contribution in [0.15, 0.2) is 0 Å². The van der Waals surface area contributed by atoms with Crippen LogP contribution in [0.5, 0.6) is 6.01 Å². The molecule has 0 aliphatic carbocycles. The lowest BCUT2D eigenvalue weighted by atomic mass is 10.0. The minimum atomic E-state index is 0.188. The Balaban J connectivity index is 1.62. The first-order valence-corrected chi connectivity index (χ1v) is 7.36. The van der Waals surface area contributed by atoms with Gasteiger partial charge in [0.15, 0.2) is 0 Å². The van der Waals surface area contributed by atoms with Crippen molar-refractivity contribution in [1.82, 2.24) is 15.0 Å². The van der Waals surface area contributed by atoms with E-state index in [0.717, 1.165) is 39.1 Å². The van der Waals surface area contributed by atoms with Gasteiger partial charge in [-0.25, -0.2) is 0 Å². The van der Waals surface area contributed by atoms with Gasteiger partial charge in [-0.2, -0.15) is 15.0 Å². The van der Waals surface area contributed by atoms with Gasteiger partial charge in [0, 0.05) is 26.3 Å². The van der Waals surface area contributed by atoms with Gasteiger partial charge in [-0.15, -0.1) is 0 Å². The first-order valence-electron chi connectivity index (χ1n) is 7.36. The highest BCUT2D eigenvalue weighted by Crippen LogP contribution is 2.18. The van der Waals surface area contributed by atoms with Crippen molar-refractivity contribution in [2.45, 2.75) is 12.8 Å². The number of nitrogens with two attached hydrogens (primary N) is 1. The Morgan fingerprint density at radius 3 is 2.52 bits per heavy atom. The second kappa shape index (κ2) is 6.86. The number of nitrogen functional groups attached to an aromatic ring is 1. The van der Waals surface area contributed by atoms with Crippen LogP contribution in [-0.4, -0.2) is 61.1 Å². The third kappa shape index (κ3) is 3.92. The van der Waals surface area contributed by atoms with Crippen LogP contribution in [0, 0.1) is 5.92 Å². The van der Waals surface area contributed by atoms with Crippen LogP contribution < -0.4 is 15.4 Å². The number of aromatic nitrogens is 3. The Hall–Kier alpha value is -1.67. The molecule has 1 aromatic heterocycles.